The Balaban J connectivity index is 2.05. The molecule has 0 unspecified atom stereocenters. The van der Waals surface area contributed by atoms with Gasteiger partial charge in [-0.15, -0.1) is 0 Å². The van der Waals surface area contributed by atoms with Gasteiger partial charge in [-0.25, -0.2) is 4.79 Å². The molecule has 2 aromatic carbocycles. The van der Waals surface area contributed by atoms with Crippen LogP contribution in [0.15, 0.2) is 59.8 Å². The lowest BCUT2D eigenvalue weighted by atomic mass is 10.1. The molecule has 5 heteroatoms. The van der Waals surface area contributed by atoms with E-state index in [1.54, 1.807) is 17.9 Å². The Labute approximate surface area is 127 Å². The SMILES string of the molecule is CCC(=O)O/N=C1\C(=O)N(c2ccccc2)c2ccccc21. The Kier molecular flexibility index (Phi) is 3.70. The molecular formula is C17H14N2O3. The zero-order valence-corrected chi connectivity index (χ0v) is 12.0. The lowest BCUT2D eigenvalue weighted by Crippen LogP contribution is -2.25. The van der Waals surface area contributed by atoms with Gasteiger partial charge in [-0.1, -0.05) is 48.5 Å². The quantitative estimate of drug-likeness (QED) is 0.646. The molecule has 5 nitrogen and oxygen atoms in total. The van der Waals surface area contributed by atoms with E-state index in [-0.39, 0.29) is 18.0 Å². The summed E-state index contributed by atoms with van der Waals surface area (Å²) in [6.45, 7) is 1.67. The molecule has 2 aromatic rings. The minimum absolute atomic E-state index is 0.140. The summed E-state index contributed by atoms with van der Waals surface area (Å²) in [6, 6.07) is 16.6. The first-order chi connectivity index (χ1) is 10.7. The van der Waals surface area contributed by atoms with Gasteiger partial charge in [0.2, 0.25) is 0 Å². The monoisotopic (exact) mass is 294 g/mol. The number of anilines is 2. The maximum absolute atomic E-state index is 12.7. The first-order valence-electron chi connectivity index (χ1n) is 6.99. The van der Waals surface area contributed by atoms with E-state index in [0.29, 0.717) is 5.56 Å². The molecule has 0 aromatic heterocycles. The van der Waals surface area contributed by atoms with Gasteiger partial charge >= 0.3 is 5.97 Å². The predicted octanol–water partition coefficient (Wildman–Crippen LogP) is 3.02. The number of rotatable bonds is 3. The lowest BCUT2D eigenvalue weighted by Gasteiger charge is -2.16. The van der Waals surface area contributed by atoms with Gasteiger partial charge in [-0.3, -0.25) is 9.69 Å². The van der Waals surface area contributed by atoms with E-state index in [1.807, 2.05) is 48.5 Å². The van der Waals surface area contributed by atoms with Crippen molar-refractivity contribution >= 4 is 29.0 Å². The van der Waals surface area contributed by atoms with Crippen LogP contribution in [0.5, 0.6) is 0 Å². The number of oxime groups is 1. The maximum Gasteiger partial charge on any atom is 0.334 e. The highest BCUT2D eigenvalue weighted by molar-refractivity contribution is 6.55. The lowest BCUT2D eigenvalue weighted by molar-refractivity contribution is -0.143. The van der Waals surface area contributed by atoms with Crippen molar-refractivity contribution < 1.29 is 14.4 Å². The minimum Gasteiger partial charge on any atom is -0.317 e. The van der Waals surface area contributed by atoms with Gasteiger partial charge < -0.3 is 4.84 Å². The molecule has 0 aliphatic carbocycles. The zero-order chi connectivity index (χ0) is 15.5. The summed E-state index contributed by atoms with van der Waals surface area (Å²) in [4.78, 5) is 30.3. The number of carbonyl (C=O) groups excluding carboxylic acids is 2. The number of nitrogens with zero attached hydrogens (tertiary/aromatic N) is 2. The van der Waals surface area contributed by atoms with Crippen LogP contribution in [0, 0.1) is 0 Å². The van der Waals surface area contributed by atoms with Gasteiger partial charge in [0.1, 0.15) is 0 Å². The van der Waals surface area contributed by atoms with Gasteiger partial charge in [-0.2, -0.15) is 0 Å². The van der Waals surface area contributed by atoms with E-state index in [1.165, 1.54) is 0 Å². The number of amides is 1. The van der Waals surface area contributed by atoms with Crippen LogP contribution in [0.3, 0.4) is 0 Å². The summed E-state index contributed by atoms with van der Waals surface area (Å²) in [7, 11) is 0. The zero-order valence-electron chi connectivity index (χ0n) is 12.0. The van der Waals surface area contributed by atoms with E-state index in [2.05, 4.69) is 5.16 Å². The molecule has 0 saturated heterocycles. The second kappa shape index (κ2) is 5.81. The van der Waals surface area contributed by atoms with Crippen molar-refractivity contribution in [1.29, 1.82) is 0 Å². The summed E-state index contributed by atoms with van der Waals surface area (Å²) < 4.78 is 0. The van der Waals surface area contributed by atoms with E-state index >= 15 is 0 Å². The smallest absolute Gasteiger partial charge is 0.317 e. The van der Waals surface area contributed by atoms with Gasteiger partial charge in [0.05, 0.1) is 5.69 Å². The van der Waals surface area contributed by atoms with Crippen molar-refractivity contribution in [2.75, 3.05) is 4.90 Å². The van der Waals surface area contributed by atoms with E-state index < -0.39 is 5.97 Å². The van der Waals surface area contributed by atoms with Gasteiger partial charge in [0.15, 0.2) is 5.71 Å². The molecular weight excluding hydrogens is 280 g/mol. The molecule has 110 valence electrons. The van der Waals surface area contributed by atoms with Crippen LogP contribution < -0.4 is 4.90 Å². The van der Waals surface area contributed by atoms with Crippen LogP contribution in [0.4, 0.5) is 11.4 Å². The third-order valence-corrected chi connectivity index (χ3v) is 3.35. The maximum atomic E-state index is 12.7. The standard InChI is InChI=1S/C17H14N2O3/c1-2-15(20)22-18-16-13-10-6-7-11-14(13)19(17(16)21)12-8-4-3-5-9-12/h3-11H,2H2,1H3/b18-16-. The van der Waals surface area contributed by atoms with E-state index in [0.717, 1.165) is 11.4 Å². The highest BCUT2D eigenvalue weighted by Crippen LogP contribution is 2.35. The molecule has 0 radical (unpaired) electrons. The molecule has 1 heterocycles. The van der Waals surface area contributed by atoms with Crippen molar-refractivity contribution in [1.82, 2.24) is 0 Å². The number of hydrogen-bond acceptors (Lipinski definition) is 4. The second-order valence-corrected chi connectivity index (χ2v) is 4.75. The molecule has 0 spiro atoms. The fourth-order valence-corrected chi connectivity index (χ4v) is 2.28. The van der Waals surface area contributed by atoms with Crippen LogP contribution in [0.25, 0.3) is 0 Å². The Morgan fingerprint density at radius 3 is 2.50 bits per heavy atom. The van der Waals surface area contributed by atoms with Gasteiger partial charge in [0.25, 0.3) is 5.91 Å². The summed E-state index contributed by atoms with van der Waals surface area (Å²) in [5, 5.41) is 3.77. The number of fused-ring (bicyclic) bond motifs is 1. The molecule has 3 rings (SSSR count). The minimum atomic E-state index is -0.476. The first-order valence-corrected chi connectivity index (χ1v) is 6.99. The Bertz CT molecular complexity index is 754. The number of benzene rings is 2. The molecule has 0 fully saturated rings. The van der Waals surface area contributed by atoms with Crippen molar-refractivity contribution in [2.45, 2.75) is 13.3 Å². The largest absolute Gasteiger partial charge is 0.334 e. The Morgan fingerprint density at radius 1 is 1.09 bits per heavy atom. The van der Waals surface area contributed by atoms with Crippen LogP contribution >= 0.6 is 0 Å². The molecule has 1 aliphatic rings. The molecule has 22 heavy (non-hydrogen) atoms. The first kappa shape index (κ1) is 14.0. The van der Waals surface area contributed by atoms with E-state index in [9.17, 15) is 9.59 Å². The molecule has 1 aliphatic heterocycles. The second-order valence-electron chi connectivity index (χ2n) is 4.75. The average Bonchev–Trinajstić information content (AvgIpc) is 2.85. The highest BCUT2D eigenvalue weighted by Gasteiger charge is 2.35. The normalized spacial score (nSPS) is 15.0. The number of carbonyl (C=O) groups is 2. The van der Waals surface area contributed by atoms with Crippen LogP contribution in [0.1, 0.15) is 18.9 Å². The summed E-state index contributed by atoms with van der Waals surface area (Å²) in [6.07, 6.45) is 0.203. The van der Waals surface area contributed by atoms with Gasteiger partial charge in [-0.05, 0) is 18.2 Å². The average molecular weight is 294 g/mol. The topological polar surface area (TPSA) is 59.0 Å². The number of para-hydroxylation sites is 2. The summed E-state index contributed by atoms with van der Waals surface area (Å²) in [5.41, 5.74) is 2.26. The fourth-order valence-electron chi connectivity index (χ4n) is 2.28. The van der Waals surface area contributed by atoms with Crippen LogP contribution in [-0.2, 0) is 14.4 Å². The highest BCUT2D eigenvalue weighted by atomic mass is 16.7. The van der Waals surface area contributed by atoms with E-state index in [4.69, 9.17) is 4.84 Å². The van der Waals surface area contributed by atoms with Crippen molar-refractivity contribution in [3.05, 3.63) is 60.2 Å². The third-order valence-electron chi connectivity index (χ3n) is 3.35. The third kappa shape index (κ3) is 2.37. The molecule has 0 atom stereocenters. The summed E-state index contributed by atoms with van der Waals surface area (Å²) >= 11 is 0. The summed E-state index contributed by atoms with van der Waals surface area (Å²) in [5.74, 6) is -0.785. The molecule has 0 N–H and O–H groups in total. The predicted molar refractivity (Wildman–Crippen MR) is 83.0 cm³/mol. The Hall–Kier alpha value is -2.95. The Morgan fingerprint density at radius 2 is 1.77 bits per heavy atom. The van der Waals surface area contributed by atoms with Gasteiger partial charge in [0, 0.05) is 17.7 Å². The molecule has 1 amide bonds. The molecule has 0 bridgehead atoms. The van der Waals surface area contributed by atoms with Crippen molar-refractivity contribution in [3.8, 4) is 0 Å². The van der Waals surface area contributed by atoms with Crippen LogP contribution in [0.2, 0.25) is 0 Å². The fraction of sp³-hybridized carbons (Fsp3) is 0.118. The molecule has 0 saturated carbocycles. The van der Waals surface area contributed by atoms with Crippen LogP contribution in [-0.4, -0.2) is 17.6 Å². The number of hydrogen-bond donors (Lipinski definition) is 0. The van der Waals surface area contributed by atoms with Crippen molar-refractivity contribution in [3.63, 3.8) is 0 Å². The van der Waals surface area contributed by atoms with Crippen molar-refractivity contribution in [2.24, 2.45) is 5.16 Å².